The highest BCUT2D eigenvalue weighted by Crippen LogP contribution is 2.89. The molecule has 8 aliphatic carbocycles. The molecule has 4 spiro atoms. The van der Waals surface area contributed by atoms with Crippen LogP contribution in [0, 0.1) is 105 Å². The molecule has 73 heavy (non-hydrogen) atoms. The van der Waals surface area contributed by atoms with Gasteiger partial charge in [-0.2, -0.15) is 0 Å². The molecule has 13 nitrogen and oxygen atoms in total. The summed E-state index contributed by atoms with van der Waals surface area (Å²) in [4.78, 5) is 49.0. The number of carbonyl (C=O) groups excluding carboxylic acids is 3. The van der Waals surface area contributed by atoms with Gasteiger partial charge in [-0.3, -0.25) is 14.9 Å². The van der Waals surface area contributed by atoms with E-state index >= 15 is 9.59 Å². The Labute approximate surface area is 428 Å². The Morgan fingerprint density at radius 2 is 1.81 bits per heavy atom. The van der Waals surface area contributed by atoms with E-state index in [4.69, 9.17) is 23.4 Å². The first-order valence-corrected chi connectivity index (χ1v) is 29.0. The number of hydrogen-bond donors (Lipinski definition) is 4. The van der Waals surface area contributed by atoms with Gasteiger partial charge in [0.2, 0.25) is 0 Å². The van der Waals surface area contributed by atoms with Crippen LogP contribution in [0.5, 0.6) is 0 Å². The van der Waals surface area contributed by atoms with E-state index in [1.54, 1.807) is 6.26 Å². The summed E-state index contributed by atoms with van der Waals surface area (Å²) < 4.78 is 35.2. The number of rotatable bonds is 7. The average Bonchev–Trinajstić information content (AvgIpc) is 3.95. The minimum absolute atomic E-state index is 0.0313. The van der Waals surface area contributed by atoms with Crippen LogP contribution in [0.15, 0.2) is 52.8 Å². The summed E-state index contributed by atoms with van der Waals surface area (Å²) >= 11 is 0. The quantitative estimate of drug-likeness (QED) is 0.131. The number of ketones is 1. The SMILES string of the molecule is C[C@H]1[C@@H]([C@@H]2C=C3C[C@H]4CCC[C@]45C[C@@H]4C[C@@]6(C)[C@H](c7ccoc7C[C@@H]([C@H]7CC[C@H]8[C@H](C=CN9CNC[C@@H]89)C7)[C@H](O)CO)OC(=O)[C@H]7O[C@]76[C@]6(C)[C@H](O)C(=O)[C@@H]7[C@@]2(C)O[C@]32[C@H]5C(=O)OC[C@@]72[C@@H]46)C=C[C@@H]2CCC[C@@H]12. The van der Waals surface area contributed by atoms with Gasteiger partial charge in [0.1, 0.15) is 35.8 Å². The lowest BCUT2D eigenvalue weighted by atomic mass is 9.32. The molecule has 15 aliphatic rings. The molecule has 4 N–H and O–H groups in total. The van der Waals surface area contributed by atoms with Crippen LogP contribution in [0.25, 0.3) is 0 Å². The molecular weight excluding hydrogens is 925 g/mol. The molecular formula is C60H76N2O11. The van der Waals surface area contributed by atoms with Crippen molar-refractivity contribution >= 4 is 17.7 Å². The molecule has 5 saturated heterocycles. The van der Waals surface area contributed by atoms with Crippen molar-refractivity contribution in [2.45, 2.75) is 158 Å². The first-order chi connectivity index (χ1) is 35.1. The van der Waals surface area contributed by atoms with Gasteiger partial charge >= 0.3 is 11.9 Å². The van der Waals surface area contributed by atoms with Crippen molar-refractivity contribution in [3.05, 3.63) is 59.7 Å². The second-order valence-electron chi connectivity index (χ2n) is 27.9. The Morgan fingerprint density at radius 1 is 0.945 bits per heavy atom. The third-order valence-electron chi connectivity index (χ3n) is 26.0. The van der Waals surface area contributed by atoms with Gasteiger partial charge in [-0.1, -0.05) is 57.9 Å². The van der Waals surface area contributed by atoms with Gasteiger partial charge < -0.3 is 43.6 Å². The highest BCUT2D eigenvalue weighted by Gasteiger charge is 2.97. The lowest BCUT2D eigenvalue weighted by Gasteiger charge is -2.70. The third-order valence-corrected chi connectivity index (χ3v) is 26.0. The number of cyclic esters (lactones) is 2. The highest BCUT2D eigenvalue weighted by molar-refractivity contribution is 5.94. The maximum absolute atomic E-state index is 16.4. The molecule has 16 rings (SSSR count). The van der Waals surface area contributed by atoms with E-state index in [0.717, 1.165) is 64.6 Å². The summed E-state index contributed by atoms with van der Waals surface area (Å²) in [6, 6.07) is 2.38. The van der Waals surface area contributed by atoms with Crippen molar-refractivity contribution in [3.8, 4) is 0 Å². The number of aliphatic hydroxyl groups is 3. The second-order valence-corrected chi connectivity index (χ2v) is 27.9. The number of ether oxygens (including phenoxy) is 4. The molecule has 1 aromatic rings. The van der Waals surface area contributed by atoms with Gasteiger partial charge in [0.15, 0.2) is 11.9 Å². The van der Waals surface area contributed by atoms with Gasteiger partial charge in [0.25, 0.3) is 0 Å². The number of carbonyl (C=O) groups is 3. The highest BCUT2D eigenvalue weighted by atomic mass is 16.7. The predicted octanol–water partition coefficient (Wildman–Crippen LogP) is 6.60. The Balaban J connectivity index is 0.829. The van der Waals surface area contributed by atoms with Crippen molar-refractivity contribution < 1.29 is 53.1 Å². The molecule has 0 unspecified atom stereocenters. The van der Waals surface area contributed by atoms with E-state index in [0.29, 0.717) is 59.8 Å². The lowest BCUT2D eigenvalue weighted by Crippen LogP contribution is -2.80. The van der Waals surface area contributed by atoms with Gasteiger partial charge in [-0.25, -0.2) is 4.79 Å². The van der Waals surface area contributed by atoms with E-state index in [1.807, 2.05) is 6.07 Å². The van der Waals surface area contributed by atoms with Crippen LogP contribution < -0.4 is 5.32 Å². The number of epoxide rings is 1. The molecule has 26 atom stereocenters. The number of esters is 2. The molecule has 5 bridgehead atoms. The van der Waals surface area contributed by atoms with Crippen LogP contribution >= 0.6 is 0 Å². The van der Waals surface area contributed by atoms with E-state index in [1.165, 1.54) is 24.8 Å². The molecule has 12 fully saturated rings. The number of furan rings is 1. The van der Waals surface area contributed by atoms with Crippen molar-refractivity contribution in [2.24, 2.45) is 105 Å². The minimum atomic E-state index is -1.50. The van der Waals surface area contributed by atoms with Crippen LogP contribution in [0.3, 0.4) is 0 Å². The average molecular weight is 1000 g/mol. The number of nitrogens with zero attached hydrogens (tertiary/aromatic N) is 1. The first-order valence-electron chi connectivity index (χ1n) is 29.0. The molecule has 13 heteroatoms. The Bertz CT molecular complexity index is 2700. The Kier molecular flexibility index (Phi) is 9.18. The second kappa shape index (κ2) is 14.6. The largest absolute Gasteiger partial charge is 0.469 e. The summed E-state index contributed by atoms with van der Waals surface area (Å²) in [7, 11) is 0. The van der Waals surface area contributed by atoms with Gasteiger partial charge in [-0.05, 0) is 159 Å². The standard InChI is InChI=1S/C60H76N2O11/c1-29-36-9-5-7-30(36)10-12-37(29)41-21-35-20-34-8-6-16-57(34)24-33-23-54(2)50(39-15-18-69-44(39)22-40(43(64)26-63)31-11-13-38-32(19-31)14-17-62-28-61-25-42(38)62)71-53(68)51-60(54,72-51)55(3)46(33)58-27-70-52(67)48(57)59(35,58)73-56(41,4)47(58)45(65)49(55)66/h10,12,14-15,17-18,21,29-34,36-38,40-43,46-51,61,63-64,66H,5-9,11,13,16,19-20,22-28H2,1-4H3/t29-,30+,31+,32-,33+,34-,36+,37+,38+,40+,41+,42+,43-,46+,47-,48+,49-,50+,51-,54+,55+,56+,57+,58-,59+,60-/m1/s1. The smallest absolute Gasteiger partial charge is 0.339 e. The molecule has 0 aromatic carbocycles. The Morgan fingerprint density at radius 3 is 2.66 bits per heavy atom. The van der Waals surface area contributed by atoms with E-state index in [9.17, 15) is 20.1 Å². The number of aliphatic hydroxyl groups excluding tert-OH is 3. The van der Waals surface area contributed by atoms with Crippen molar-refractivity contribution in [3.63, 3.8) is 0 Å². The molecule has 0 amide bonds. The van der Waals surface area contributed by atoms with Crippen LogP contribution in [0.1, 0.15) is 122 Å². The number of nitrogens with one attached hydrogen (secondary N) is 1. The van der Waals surface area contributed by atoms with E-state index in [2.05, 4.69) is 68.4 Å². The zero-order valence-electron chi connectivity index (χ0n) is 43.1. The maximum atomic E-state index is 16.4. The van der Waals surface area contributed by atoms with Crippen LogP contribution in [0.2, 0.25) is 0 Å². The summed E-state index contributed by atoms with van der Waals surface area (Å²) in [5.41, 5.74) is -5.27. The molecule has 7 aliphatic heterocycles. The van der Waals surface area contributed by atoms with Crippen molar-refractivity contribution in [1.29, 1.82) is 0 Å². The van der Waals surface area contributed by atoms with Gasteiger partial charge in [0.05, 0.1) is 48.5 Å². The monoisotopic (exact) mass is 1000 g/mol. The van der Waals surface area contributed by atoms with E-state index < -0.39 is 86.6 Å². The summed E-state index contributed by atoms with van der Waals surface area (Å²) in [6.45, 7) is 10.3. The fourth-order valence-electron chi connectivity index (χ4n) is 23.7. The fraction of sp³-hybridized carbons (Fsp3) is 0.783. The van der Waals surface area contributed by atoms with Gasteiger partial charge in [0, 0.05) is 41.3 Å². The topological polar surface area (TPSA) is 181 Å². The number of Topliss-reactive ketones (excluding diaryl/α,β-unsaturated/α-hetero) is 1. The summed E-state index contributed by atoms with van der Waals surface area (Å²) in [5.74, 6) is 0.233. The fourth-order valence-corrected chi connectivity index (χ4v) is 23.7. The van der Waals surface area contributed by atoms with E-state index in [-0.39, 0.29) is 60.5 Å². The zero-order valence-corrected chi connectivity index (χ0v) is 43.1. The van der Waals surface area contributed by atoms with Crippen LogP contribution in [-0.4, -0.2) is 106 Å². The maximum Gasteiger partial charge on any atom is 0.339 e. The summed E-state index contributed by atoms with van der Waals surface area (Å²) in [5, 5.41) is 39.5. The zero-order chi connectivity index (χ0) is 49.7. The number of allylic oxidation sites excluding steroid dienone is 3. The van der Waals surface area contributed by atoms with Crippen LogP contribution in [0.4, 0.5) is 0 Å². The molecule has 8 heterocycles. The van der Waals surface area contributed by atoms with Crippen molar-refractivity contribution in [2.75, 3.05) is 26.4 Å². The number of fused-ring (bicyclic) bond motifs is 6. The minimum Gasteiger partial charge on any atom is -0.469 e. The predicted molar refractivity (Wildman–Crippen MR) is 262 cm³/mol. The number of hydrogen-bond acceptors (Lipinski definition) is 13. The molecule has 0 radical (unpaired) electrons. The Hall–Kier alpha value is -3.33. The third kappa shape index (κ3) is 5.02. The summed E-state index contributed by atoms with van der Waals surface area (Å²) in [6.07, 6.45) is 21.2. The van der Waals surface area contributed by atoms with Crippen molar-refractivity contribution in [1.82, 2.24) is 10.2 Å². The normalized spacial score (nSPS) is 56.5. The molecule has 392 valence electrons. The van der Waals surface area contributed by atoms with Gasteiger partial charge in [-0.15, -0.1) is 0 Å². The van der Waals surface area contributed by atoms with Crippen LogP contribution in [-0.2, 0) is 39.8 Å². The molecule has 1 aromatic heterocycles. The molecule has 7 saturated carbocycles. The first kappa shape index (κ1) is 45.8. The lowest BCUT2D eigenvalue weighted by molar-refractivity contribution is -0.281.